The van der Waals surface area contributed by atoms with Crippen molar-refractivity contribution in [2.24, 2.45) is 0 Å². The van der Waals surface area contributed by atoms with E-state index >= 15 is 0 Å². The van der Waals surface area contributed by atoms with Crippen LogP contribution >= 0.6 is 22.9 Å². The average Bonchev–Trinajstić information content (AvgIpc) is 3.27. The molecule has 0 bridgehead atoms. The van der Waals surface area contributed by atoms with Gasteiger partial charge in [-0.05, 0) is 49.6 Å². The van der Waals surface area contributed by atoms with Gasteiger partial charge in [0.15, 0.2) is 5.13 Å². The predicted molar refractivity (Wildman–Crippen MR) is 132 cm³/mol. The zero-order chi connectivity index (χ0) is 23.8. The zero-order valence-electron chi connectivity index (χ0n) is 18.4. The van der Waals surface area contributed by atoms with Crippen LogP contribution in [0.2, 0.25) is 5.02 Å². The number of benzene rings is 2. The summed E-state index contributed by atoms with van der Waals surface area (Å²) in [7, 11) is -2.18. The molecular formula is C23H26ClN3O4S2. The Balaban J connectivity index is 1.40. The molecule has 0 atom stereocenters. The van der Waals surface area contributed by atoms with Gasteiger partial charge < -0.3 is 10.1 Å². The van der Waals surface area contributed by atoms with E-state index in [-0.39, 0.29) is 10.7 Å². The van der Waals surface area contributed by atoms with E-state index in [1.165, 1.54) is 18.4 Å². The van der Waals surface area contributed by atoms with Crippen molar-refractivity contribution in [3.05, 3.63) is 69.7 Å². The molecule has 1 aromatic heterocycles. The average molecular weight is 508 g/mol. The van der Waals surface area contributed by atoms with Gasteiger partial charge in [-0.2, -0.15) is 0 Å². The van der Waals surface area contributed by atoms with Gasteiger partial charge in [-0.1, -0.05) is 47.6 Å². The van der Waals surface area contributed by atoms with Gasteiger partial charge in [-0.3, -0.25) is 4.79 Å². The fourth-order valence-electron chi connectivity index (χ4n) is 3.14. The van der Waals surface area contributed by atoms with Gasteiger partial charge in [0.05, 0.1) is 23.2 Å². The number of thiazole rings is 1. The molecule has 0 unspecified atom stereocenters. The first kappa shape index (κ1) is 25.2. The molecule has 33 heavy (non-hydrogen) atoms. The van der Waals surface area contributed by atoms with Crippen LogP contribution in [-0.4, -0.2) is 39.4 Å². The van der Waals surface area contributed by atoms with Crippen molar-refractivity contribution in [3.63, 3.8) is 0 Å². The van der Waals surface area contributed by atoms with Crippen LogP contribution < -0.4 is 14.8 Å². The number of halogens is 1. The molecule has 7 nitrogen and oxygen atoms in total. The molecule has 0 radical (unpaired) electrons. The number of ketones is 1. The van der Waals surface area contributed by atoms with E-state index in [0.717, 1.165) is 18.4 Å². The molecule has 10 heteroatoms. The summed E-state index contributed by atoms with van der Waals surface area (Å²) >= 11 is 7.39. The summed E-state index contributed by atoms with van der Waals surface area (Å²) < 4.78 is 33.0. The van der Waals surface area contributed by atoms with Crippen molar-refractivity contribution in [1.29, 1.82) is 0 Å². The highest BCUT2D eigenvalue weighted by Gasteiger charge is 2.19. The van der Waals surface area contributed by atoms with E-state index < -0.39 is 10.0 Å². The Bertz CT molecular complexity index is 1210. The number of methoxy groups -OCH3 is 1. The van der Waals surface area contributed by atoms with Crippen LogP contribution in [0.3, 0.4) is 0 Å². The Kier molecular flexibility index (Phi) is 8.85. The third-order valence-corrected chi connectivity index (χ3v) is 7.64. The molecule has 1 heterocycles. The third-order valence-electron chi connectivity index (χ3n) is 4.88. The highest BCUT2D eigenvalue weighted by atomic mass is 35.5. The van der Waals surface area contributed by atoms with Crippen molar-refractivity contribution in [1.82, 2.24) is 9.71 Å². The summed E-state index contributed by atoms with van der Waals surface area (Å²) in [5.74, 6) is 0.178. The summed E-state index contributed by atoms with van der Waals surface area (Å²) in [5, 5.41) is 4.29. The van der Waals surface area contributed by atoms with Gasteiger partial charge in [-0.25, -0.2) is 18.1 Å². The second-order valence-corrected chi connectivity index (χ2v) is 10.6. The number of hydrogen-bond donors (Lipinski definition) is 2. The number of nitrogens with zero attached hydrogens (tertiary/aromatic N) is 1. The molecule has 0 saturated heterocycles. The minimum atomic E-state index is -3.63. The number of aromatic nitrogens is 1. The first-order valence-corrected chi connectivity index (χ1v) is 13.1. The number of nitrogens with one attached hydrogen (secondary N) is 2. The quantitative estimate of drug-likeness (QED) is 0.267. The summed E-state index contributed by atoms with van der Waals surface area (Å²) in [6, 6.07) is 12.0. The number of anilines is 1. The molecule has 0 aliphatic carbocycles. The van der Waals surface area contributed by atoms with Crippen LogP contribution in [0.1, 0.15) is 40.1 Å². The summed E-state index contributed by atoms with van der Waals surface area (Å²) in [5.41, 5.74) is 1.31. The Morgan fingerprint density at radius 2 is 1.88 bits per heavy atom. The van der Waals surface area contributed by atoms with Crippen molar-refractivity contribution in [2.75, 3.05) is 25.5 Å². The summed E-state index contributed by atoms with van der Waals surface area (Å²) in [4.78, 5) is 17.5. The van der Waals surface area contributed by atoms with Crippen LogP contribution in [0.15, 0.2) is 53.6 Å². The van der Waals surface area contributed by atoms with E-state index in [1.807, 2.05) is 13.0 Å². The third kappa shape index (κ3) is 6.77. The molecule has 0 amide bonds. The topological polar surface area (TPSA) is 97.4 Å². The van der Waals surface area contributed by atoms with Gasteiger partial charge in [0, 0.05) is 18.7 Å². The minimum Gasteiger partial charge on any atom is -0.495 e. The van der Waals surface area contributed by atoms with Crippen molar-refractivity contribution < 1.29 is 17.9 Å². The van der Waals surface area contributed by atoms with E-state index in [1.54, 1.807) is 42.6 Å². The minimum absolute atomic E-state index is 0.149. The number of carbonyl (C=O) groups excluding carboxylic acids is 1. The highest BCUT2D eigenvalue weighted by molar-refractivity contribution is 7.89. The van der Waals surface area contributed by atoms with Gasteiger partial charge in [0.1, 0.15) is 10.6 Å². The molecule has 3 aromatic rings. The summed E-state index contributed by atoms with van der Waals surface area (Å²) in [6.45, 7) is 2.85. The van der Waals surface area contributed by atoms with Crippen LogP contribution in [0, 0.1) is 6.92 Å². The summed E-state index contributed by atoms with van der Waals surface area (Å²) in [6.07, 6.45) is 3.91. The monoisotopic (exact) mass is 507 g/mol. The SMILES string of the molecule is COc1ccc(C)cc1S(=O)(=O)NCCCCCNc1ncc(C(=O)c2ccccc2Cl)s1. The van der Waals surface area contributed by atoms with E-state index in [0.29, 0.717) is 45.9 Å². The lowest BCUT2D eigenvalue weighted by Crippen LogP contribution is -2.25. The van der Waals surface area contributed by atoms with Gasteiger partial charge in [0.25, 0.3) is 0 Å². The van der Waals surface area contributed by atoms with Gasteiger partial charge in [-0.15, -0.1) is 0 Å². The Morgan fingerprint density at radius 1 is 1.12 bits per heavy atom. The largest absolute Gasteiger partial charge is 0.495 e. The van der Waals surface area contributed by atoms with Crippen LogP contribution in [0.4, 0.5) is 5.13 Å². The van der Waals surface area contributed by atoms with Crippen molar-refractivity contribution >= 4 is 43.9 Å². The Hall–Kier alpha value is -2.46. The van der Waals surface area contributed by atoms with Crippen LogP contribution in [-0.2, 0) is 10.0 Å². The van der Waals surface area contributed by atoms with Crippen molar-refractivity contribution in [3.8, 4) is 5.75 Å². The number of aryl methyl sites for hydroxylation is 1. The molecule has 3 rings (SSSR count). The zero-order valence-corrected chi connectivity index (χ0v) is 20.8. The number of sulfonamides is 1. The molecule has 0 aliphatic heterocycles. The van der Waals surface area contributed by atoms with E-state index in [4.69, 9.17) is 16.3 Å². The normalized spacial score (nSPS) is 11.4. The standard InChI is InChI=1S/C23H26ClN3O4S2/c1-16-10-11-19(31-2)21(14-16)33(29,30)27-13-7-3-6-12-25-23-26-15-20(32-23)22(28)17-8-4-5-9-18(17)24/h4-5,8-11,14-15,27H,3,6-7,12-13H2,1-2H3,(H,25,26). The maximum absolute atomic E-state index is 12.6. The van der Waals surface area contributed by atoms with Crippen LogP contribution in [0.25, 0.3) is 0 Å². The van der Waals surface area contributed by atoms with E-state index in [9.17, 15) is 13.2 Å². The number of ether oxygens (including phenoxy) is 1. The first-order valence-electron chi connectivity index (χ1n) is 10.4. The number of unbranched alkanes of at least 4 members (excludes halogenated alkanes) is 2. The first-order chi connectivity index (χ1) is 15.8. The molecule has 0 saturated carbocycles. The molecule has 0 fully saturated rings. The smallest absolute Gasteiger partial charge is 0.244 e. The lowest BCUT2D eigenvalue weighted by molar-refractivity contribution is 0.104. The molecule has 176 valence electrons. The fraction of sp³-hybridized carbons (Fsp3) is 0.304. The van der Waals surface area contributed by atoms with Gasteiger partial charge in [0.2, 0.25) is 15.8 Å². The maximum Gasteiger partial charge on any atom is 0.244 e. The number of hydrogen-bond acceptors (Lipinski definition) is 7. The maximum atomic E-state index is 12.6. The van der Waals surface area contributed by atoms with E-state index in [2.05, 4.69) is 15.0 Å². The lowest BCUT2D eigenvalue weighted by Gasteiger charge is -2.11. The molecule has 0 spiro atoms. The Morgan fingerprint density at radius 3 is 2.64 bits per heavy atom. The van der Waals surface area contributed by atoms with Crippen molar-refractivity contribution in [2.45, 2.75) is 31.1 Å². The Labute approximate surface area is 203 Å². The second kappa shape index (κ2) is 11.6. The lowest BCUT2D eigenvalue weighted by atomic mass is 10.1. The highest BCUT2D eigenvalue weighted by Crippen LogP contribution is 2.25. The van der Waals surface area contributed by atoms with Gasteiger partial charge >= 0.3 is 0 Å². The molecular weight excluding hydrogens is 482 g/mol. The number of carbonyl (C=O) groups is 1. The molecule has 0 aliphatic rings. The second-order valence-electron chi connectivity index (χ2n) is 7.38. The molecule has 2 N–H and O–H groups in total. The number of rotatable bonds is 12. The fourth-order valence-corrected chi connectivity index (χ4v) is 5.48. The van der Waals surface area contributed by atoms with Crippen LogP contribution in [0.5, 0.6) is 5.75 Å². The predicted octanol–water partition coefficient (Wildman–Crippen LogP) is 4.91. The molecule has 2 aromatic carbocycles.